The summed E-state index contributed by atoms with van der Waals surface area (Å²) in [4.78, 5) is 0. The van der Waals surface area contributed by atoms with E-state index in [1.807, 2.05) is 106 Å². The average molecular weight is 548 g/mol. The Bertz CT molecular complexity index is 839. The molecule has 0 heterocycles. The van der Waals surface area contributed by atoms with E-state index in [1.165, 1.54) is 0 Å². The molecule has 0 aliphatic heterocycles. The minimum Gasteiger partial charge on any atom is -0.309 e. The topological polar surface area (TPSA) is 17.1 Å². The van der Waals surface area contributed by atoms with Crippen LogP contribution in [-0.2, 0) is 4.57 Å². The zero-order valence-electron chi connectivity index (χ0n) is 11.9. The first kappa shape index (κ1) is 17.1. The van der Waals surface area contributed by atoms with Gasteiger partial charge in [-0.3, -0.25) is 0 Å². The lowest BCUT2D eigenvalue weighted by Crippen LogP contribution is -2.27. The van der Waals surface area contributed by atoms with Crippen molar-refractivity contribution in [2.24, 2.45) is 0 Å². The Morgan fingerprint density at radius 2 is 1.22 bits per heavy atom. The van der Waals surface area contributed by atoms with Gasteiger partial charge in [0.25, 0.3) is 0 Å². The standard InChI is InChI=1S/C18H12FI2OP/c19-17-15(20)11-12-16(18(17)21)23(22,13-7-3-1-4-8-13)14-9-5-2-6-10-14/h1-12H. The molecule has 0 saturated heterocycles. The summed E-state index contributed by atoms with van der Waals surface area (Å²) in [6, 6.07) is 22.1. The maximum absolute atomic E-state index is 14.4. The molecule has 3 rings (SSSR count). The molecule has 0 saturated carbocycles. The van der Waals surface area contributed by atoms with E-state index in [1.54, 1.807) is 12.1 Å². The Morgan fingerprint density at radius 1 is 0.739 bits per heavy atom. The van der Waals surface area contributed by atoms with E-state index in [-0.39, 0.29) is 5.82 Å². The highest BCUT2D eigenvalue weighted by atomic mass is 127. The summed E-state index contributed by atoms with van der Waals surface area (Å²) in [5, 5.41) is 1.97. The number of hydrogen-bond acceptors (Lipinski definition) is 1. The Morgan fingerprint density at radius 3 is 1.70 bits per heavy atom. The minimum absolute atomic E-state index is 0.309. The summed E-state index contributed by atoms with van der Waals surface area (Å²) < 4.78 is 29.5. The molecule has 0 aromatic heterocycles. The largest absolute Gasteiger partial charge is 0.309 e. The van der Waals surface area contributed by atoms with Crippen molar-refractivity contribution in [3.63, 3.8) is 0 Å². The second kappa shape index (κ2) is 7.03. The highest BCUT2D eigenvalue weighted by Gasteiger charge is 2.32. The van der Waals surface area contributed by atoms with E-state index in [9.17, 15) is 8.96 Å². The fraction of sp³-hybridized carbons (Fsp3) is 0. The zero-order chi connectivity index (χ0) is 16.4. The summed E-state index contributed by atoms with van der Waals surface area (Å²) in [7, 11) is -3.11. The molecule has 0 fully saturated rings. The van der Waals surface area contributed by atoms with Crippen molar-refractivity contribution in [2.75, 3.05) is 0 Å². The molecule has 0 spiro atoms. The lowest BCUT2D eigenvalue weighted by atomic mass is 10.3. The Hall–Kier alpha value is -0.720. The second-order valence-electron chi connectivity index (χ2n) is 4.97. The van der Waals surface area contributed by atoms with Crippen LogP contribution in [0.2, 0.25) is 0 Å². The van der Waals surface area contributed by atoms with Crippen LogP contribution in [0.15, 0.2) is 72.8 Å². The van der Waals surface area contributed by atoms with Crippen molar-refractivity contribution in [1.82, 2.24) is 0 Å². The van der Waals surface area contributed by atoms with Gasteiger partial charge in [-0.1, -0.05) is 60.7 Å². The number of hydrogen-bond donors (Lipinski definition) is 0. The summed E-state index contributed by atoms with van der Waals surface area (Å²) in [5.74, 6) is -0.309. The van der Waals surface area contributed by atoms with Crippen LogP contribution < -0.4 is 15.9 Å². The molecule has 5 heteroatoms. The SMILES string of the molecule is O=P(c1ccccc1)(c1ccccc1)c1ccc(I)c(F)c1I. The molecule has 0 N–H and O–H groups in total. The van der Waals surface area contributed by atoms with Crippen molar-refractivity contribution in [3.8, 4) is 0 Å². The first-order chi connectivity index (χ1) is 11.0. The molecule has 0 atom stereocenters. The van der Waals surface area contributed by atoms with Crippen LogP contribution in [0.4, 0.5) is 4.39 Å². The predicted octanol–water partition coefficient (Wildman–Crippen LogP) is 4.67. The van der Waals surface area contributed by atoms with Crippen LogP contribution in [-0.4, -0.2) is 0 Å². The summed E-state index contributed by atoms with van der Waals surface area (Å²) in [6.07, 6.45) is 0. The van der Waals surface area contributed by atoms with Crippen molar-refractivity contribution >= 4 is 68.2 Å². The zero-order valence-corrected chi connectivity index (χ0v) is 17.1. The van der Waals surface area contributed by atoms with Gasteiger partial charge in [0.05, 0.1) is 3.57 Å². The van der Waals surface area contributed by atoms with Crippen molar-refractivity contribution in [2.45, 2.75) is 0 Å². The van der Waals surface area contributed by atoms with Gasteiger partial charge in [-0.25, -0.2) is 4.39 Å². The highest BCUT2D eigenvalue weighted by Crippen LogP contribution is 2.44. The van der Waals surface area contributed by atoms with Crippen LogP contribution in [0.1, 0.15) is 0 Å². The molecular formula is C18H12FI2OP. The Kier molecular flexibility index (Phi) is 5.23. The first-order valence-corrected chi connectivity index (χ1v) is 10.8. The quantitative estimate of drug-likeness (QED) is 0.264. The molecule has 116 valence electrons. The van der Waals surface area contributed by atoms with E-state index in [2.05, 4.69) is 0 Å². The highest BCUT2D eigenvalue weighted by molar-refractivity contribution is 14.1. The molecule has 23 heavy (non-hydrogen) atoms. The van der Waals surface area contributed by atoms with Crippen molar-refractivity contribution in [1.29, 1.82) is 0 Å². The third-order valence-corrected chi connectivity index (χ3v) is 9.01. The normalized spacial score (nSPS) is 11.4. The molecule has 0 bridgehead atoms. The van der Waals surface area contributed by atoms with Gasteiger partial charge < -0.3 is 4.57 Å². The molecule has 0 amide bonds. The van der Waals surface area contributed by atoms with Gasteiger partial charge in [-0.05, 0) is 57.3 Å². The van der Waals surface area contributed by atoms with Gasteiger partial charge in [0.1, 0.15) is 0 Å². The second-order valence-corrected chi connectivity index (χ2v) is 9.95. The van der Waals surface area contributed by atoms with Crippen molar-refractivity contribution < 1.29 is 8.96 Å². The van der Waals surface area contributed by atoms with Crippen LogP contribution in [0.5, 0.6) is 0 Å². The van der Waals surface area contributed by atoms with E-state index < -0.39 is 7.14 Å². The van der Waals surface area contributed by atoms with E-state index in [0.717, 1.165) is 0 Å². The summed E-state index contributed by atoms with van der Waals surface area (Å²) >= 11 is 3.91. The molecule has 0 radical (unpaired) electrons. The van der Waals surface area contributed by atoms with Crippen LogP contribution in [0.25, 0.3) is 0 Å². The number of rotatable bonds is 3. The van der Waals surface area contributed by atoms with E-state index >= 15 is 0 Å². The van der Waals surface area contributed by atoms with Gasteiger partial charge in [-0.15, -0.1) is 0 Å². The van der Waals surface area contributed by atoms with Gasteiger partial charge in [0.15, 0.2) is 13.0 Å². The number of halogens is 3. The van der Waals surface area contributed by atoms with Gasteiger partial charge in [0.2, 0.25) is 0 Å². The smallest absolute Gasteiger partial charge is 0.172 e. The molecule has 0 unspecified atom stereocenters. The lowest BCUT2D eigenvalue weighted by molar-refractivity contribution is 0.590. The first-order valence-electron chi connectivity index (χ1n) is 6.90. The molecule has 0 aliphatic rings. The van der Waals surface area contributed by atoms with Crippen LogP contribution in [0.3, 0.4) is 0 Å². The molecular weight excluding hydrogens is 536 g/mol. The van der Waals surface area contributed by atoms with Crippen LogP contribution in [0, 0.1) is 13.0 Å². The van der Waals surface area contributed by atoms with Gasteiger partial charge in [-0.2, -0.15) is 0 Å². The third kappa shape index (κ3) is 3.13. The summed E-state index contributed by atoms with van der Waals surface area (Å²) in [5.41, 5.74) is 0. The Balaban J connectivity index is 2.35. The maximum atomic E-state index is 14.4. The van der Waals surface area contributed by atoms with Crippen LogP contribution >= 0.6 is 52.3 Å². The number of benzene rings is 3. The van der Waals surface area contributed by atoms with Gasteiger partial charge >= 0.3 is 0 Å². The lowest BCUT2D eigenvalue weighted by Gasteiger charge is -2.21. The maximum Gasteiger partial charge on any atom is 0.172 e. The fourth-order valence-electron chi connectivity index (χ4n) is 2.46. The monoisotopic (exact) mass is 548 g/mol. The predicted molar refractivity (Wildman–Crippen MR) is 111 cm³/mol. The van der Waals surface area contributed by atoms with E-state index in [4.69, 9.17) is 0 Å². The third-order valence-electron chi connectivity index (χ3n) is 3.59. The molecule has 0 aliphatic carbocycles. The molecule has 3 aromatic rings. The Labute approximate surface area is 162 Å². The molecule has 3 aromatic carbocycles. The molecule has 1 nitrogen and oxygen atoms in total. The average Bonchev–Trinajstić information content (AvgIpc) is 2.61. The van der Waals surface area contributed by atoms with E-state index in [0.29, 0.717) is 23.1 Å². The minimum atomic E-state index is -3.11. The fourth-order valence-corrected chi connectivity index (χ4v) is 7.61. The van der Waals surface area contributed by atoms with Crippen molar-refractivity contribution in [3.05, 3.63) is 85.8 Å². The van der Waals surface area contributed by atoms with Gasteiger partial charge in [0, 0.05) is 19.5 Å². The summed E-state index contributed by atoms with van der Waals surface area (Å²) in [6.45, 7) is 0.